The molecule has 0 aliphatic carbocycles. The largest absolute Gasteiger partial charge is 0.461 e. The van der Waals surface area contributed by atoms with Gasteiger partial charge in [-0.15, -0.1) is 0 Å². The molecule has 6 heteroatoms. The molecule has 94 valence electrons. The van der Waals surface area contributed by atoms with Crippen LogP contribution in [0.15, 0.2) is 35.1 Å². The molecule has 0 spiro atoms. The summed E-state index contributed by atoms with van der Waals surface area (Å²) in [5.41, 5.74) is 0.215. The smallest absolute Gasteiger partial charge is 0.356 e. The van der Waals surface area contributed by atoms with Crippen LogP contribution in [0.1, 0.15) is 17.4 Å². The highest BCUT2D eigenvalue weighted by molar-refractivity contribution is 6.32. The van der Waals surface area contributed by atoms with Crippen molar-refractivity contribution in [2.75, 3.05) is 6.61 Å². The number of nitrogens with zero attached hydrogens (tertiary/aromatic N) is 1. The zero-order valence-corrected chi connectivity index (χ0v) is 10.4. The number of H-pyrrole nitrogens is 1. The van der Waals surface area contributed by atoms with E-state index in [0.717, 1.165) is 0 Å². The topological polar surface area (TPSA) is 64.1 Å². The SMILES string of the molecule is CCOC(=O)c1cc(=O)n(-c2ccccc2Cl)[nH]1. The molecular formula is C12H11ClN2O3. The van der Waals surface area contributed by atoms with Gasteiger partial charge in [0.05, 0.1) is 17.3 Å². The van der Waals surface area contributed by atoms with E-state index in [9.17, 15) is 9.59 Å². The van der Waals surface area contributed by atoms with E-state index in [1.807, 2.05) is 0 Å². The first-order valence-corrected chi connectivity index (χ1v) is 5.75. The van der Waals surface area contributed by atoms with Crippen molar-refractivity contribution >= 4 is 17.6 Å². The molecule has 0 unspecified atom stereocenters. The summed E-state index contributed by atoms with van der Waals surface area (Å²) in [4.78, 5) is 23.3. The summed E-state index contributed by atoms with van der Waals surface area (Å²) in [7, 11) is 0. The van der Waals surface area contributed by atoms with E-state index in [-0.39, 0.29) is 17.9 Å². The lowest BCUT2D eigenvalue weighted by Crippen LogP contribution is -2.13. The second kappa shape index (κ2) is 5.10. The Labute approximate surface area is 108 Å². The lowest BCUT2D eigenvalue weighted by molar-refractivity contribution is 0.0519. The van der Waals surface area contributed by atoms with Gasteiger partial charge in [0.2, 0.25) is 0 Å². The summed E-state index contributed by atoms with van der Waals surface area (Å²) in [6.45, 7) is 1.94. The van der Waals surface area contributed by atoms with Gasteiger partial charge in [-0.05, 0) is 19.1 Å². The van der Waals surface area contributed by atoms with Gasteiger partial charge in [0.1, 0.15) is 5.69 Å². The predicted molar refractivity (Wildman–Crippen MR) is 67.4 cm³/mol. The highest BCUT2D eigenvalue weighted by Crippen LogP contribution is 2.17. The van der Waals surface area contributed by atoms with Crippen LogP contribution >= 0.6 is 11.6 Å². The third-order valence-electron chi connectivity index (χ3n) is 2.31. The number of halogens is 1. The predicted octanol–water partition coefficient (Wildman–Crippen LogP) is 2.00. The van der Waals surface area contributed by atoms with Crippen molar-refractivity contribution in [1.82, 2.24) is 9.78 Å². The van der Waals surface area contributed by atoms with Crippen molar-refractivity contribution in [2.45, 2.75) is 6.92 Å². The minimum Gasteiger partial charge on any atom is -0.461 e. The van der Waals surface area contributed by atoms with E-state index < -0.39 is 5.97 Å². The molecule has 0 aliphatic heterocycles. The summed E-state index contributed by atoms with van der Waals surface area (Å²) in [6, 6.07) is 8.02. The van der Waals surface area contributed by atoms with E-state index in [1.165, 1.54) is 10.7 Å². The molecule has 0 saturated carbocycles. The number of para-hydroxylation sites is 1. The van der Waals surface area contributed by atoms with Crippen LogP contribution in [0.5, 0.6) is 0 Å². The number of aromatic amines is 1. The average molecular weight is 267 g/mol. The average Bonchev–Trinajstić information content (AvgIpc) is 2.72. The monoisotopic (exact) mass is 266 g/mol. The van der Waals surface area contributed by atoms with Gasteiger partial charge < -0.3 is 4.74 Å². The Kier molecular flexibility index (Phi) is 3.53. The normalized spacial score (nSPS) is 10.3. The molecule has 1 aromatic carbocycles. The number of ether oxygens (including phenoxy) is 1. The summed E-state index contributed by atoms with van der Waals surface area (Å²) >= 11 is 5.98. The van der Waals surface area contributed by atoms with Crippen LogP contribution in [-0.4, -0.2) is 22.4 Å². The van der Waals surface area contributed by atoms with Crippen LogP contribution in [0.25, 0.3) is 5.69 Å². The maximum Gasteiger partial charge on any atom is 0.356 e. The van der Waals surface area contributed by atoms with Gasteiger partial charge in [0, 0.05) is 6.07 Å². The van der Waals surface area contributed by atoms with E-state index in [0.29, 0.717) is 10.7 Å². The molecule has 1 heterocycles. The zero-order valence-electron chi connectivity index (χ0n) is 9.64. The van der Waals surface area contributed by atoms with Crippen LogP contribution in [0, 0.1) is 0 Å². The molecule has 0 aliphatic rings. The third-order valence-corrected chi connectivity index (χ3v) is 2.63. The minimum absolute atomic E-state index is 0.0989. The number of hydrogen-bond donors (Lipinski definition) is 1. The van der Waals surface area contributed by atoms with E-state index in [1.54, 1.807) is 31.2 Å². The number of carbonyl (C=O) groups excluding carboxylic acids is 1. The lowest BCUT2D eigenvalue weighted by Gasteiger charge is -2.04. The number of hydrogen-bond acceptors (Lipinski definition) is 3. The first-order valence-electron chi connectivity index (χ1n) is 5.37. The molecule has 18 heavy (non-hydrogen) atoms. The van der Waals surface area contributed by atoms with Gasteiger partial charge in [0.15, 0.2) is 0 Å². The molecule has 0 radical (unpaired) electrons. The Bertz CT molecular complexity index is 630. The Morgan fingerprint density at radius 2 is 2.17 bits per heavy atom. The number of carbonyl (C=O) groups is 1. The van der Waals surface area contributed by atoms with Crippen LogP contribution in [0.3, 0.4) is 0 Å². The third kappa shape index (κ3) is 2.31. The van der Waals surface area contributed by atoms with Crippen molar-refractivity contribution in [2.24, 2.45) is 0 Å². The number of rotatable bonds is 3. The van der Waals surface area contributed by atoms with Gasteiger partial charge >= 0.3 is 5.97 Å². The first kappa shape index (κ1) is 12.4. The van der Waals surface area contributed by atoms with Crippen LogP contribution in [0.4, 0.5) is 0 Å². The maximum absolute atomic E-state index is 11.8. The summed E-state index contributed by atoms with van der Waals surface area (Å²) < 4.78 is 6.01. The summed E-state index contributed by atoms with van der Waals surface area (Å²) in [5.74, 6) is -0.569. The van der Waals surface area contributed by atoms with Gasteiger partial charge in [-0.1, -0.05) is 23.7 Å². The van der Waals surface area contributed by atoms with Crippen molar-refractivity contribution < 1.29 is 9.53 Å². The Morgan fingerprint density at radius 1 is 1.44 bits per heavy atom. The zero-order chi connectivity index (χ0) is 13.1. The van der Waals surface area contributed by atoms with E-state index in [2.05, 4.69) is 5.10 Å². The maximum atomic E-state index is 11.8. The summed E-state index contributed by atoms with van der Waals surface area (Å²) in [6.07, 6.45) is 0. The van der Waals surface area contributed by atoms with Gasteiger partial charge in [-0.25, -0.2) is 9.48 Å². The second-order valence-corrected chi connectivity index (χ2v) is 3.92. The van der Waals surface area contributed by atoms with Crippen LogP contribution in [-0.2, 0) is 4.74 Å². The number of nitrogens with one attached hydrogen (secondary N) is 1. The number of aromatic nitrogens is 2. The number of benzene rings is 1. The molecule has 1 N–H and O–H groups in total. The van der Waals surface area contributed by atoms with Crippen molar-refractivity contribution in [3.8, 4) is 5.69 Å². The quantitative estimate of drug-likeness (QED) is 0.864. The highest BCUT2D eigenvalue weighted by Gasteiger charge is 2.13. The van der Waals surface area contributed by atoms with Crippen LogP contribution in [0.2, 0.25) is 5.02 Å². The molecule has 0 amide bonds. The fourth-order valence-electron chi connectivity index (χ4n) is 1.52. The molecule has 2 rings (SSSR count). The summed E-state index contributed by atoms with van der Waals surface area (Å²) in [5, 5.41) is 3.08. The van der Waals surface area contributed by atoms with Crippen molar-refractivity contribution in [3.05, 3.63) is 51.4 Å². The number of esters is 1. The Hall–Kier alpha value is -2.01. The Balaban J connectivity index is 2.45. The van der Waals surface area contributed by atoms with Crippen molar-refractivity contribution in [1.29, 1.82) is 0 Å². The minimum atomic E-state index is -0.569. The fraction of sp³-hybridized carbons (Fsp3) is 0.167. The van der Waals surface area contributed by atoms with E-state index in [4.69, 9.17) is 16.3 Å². The molecular weight excluding hydrogens is 256 g/mol. The molecule has 0 saturated heterocycles. The molecule has 0 bridgehead atoms. The lowest BCUT2D eigenvalue weighted by atomic mass is 10.3. The van der Waals surface area contributed by atoms with Crippen LogP contribution < -0.4 is 5.56 Å². The van der Waals surface area contributed by atoms with Gasteiger partial charge in [0.25, 0.3) is 5.56 Å². The fourth-order valence-corrected chi connectivity index (χ4v) is 1.74. The Morgan fingerprint density at radius 3 is 2.83 bits per heavy atom. The van der Waals surface area contributed by atoms with Gasteiger partial charge in [-0.2, -0.15) is 0 Å². The molecule has 1 aromatic heterocycles. The van der Waals surface area contributed by atoms with E-state index >= 15 is 0 Å². The standard InChI is InChI=1S/C12H11ClN2O3/c1-2-18-12(17)9-7-11(16)15(14-9)10-6-4-3-5-8(10)13/h3-7,14H,2H2,1H3. The first-order chi connectivity index (χ1) is 8.63. The van der Waals surface area contributed by atoms with Crippen molar-refractivity contribution in [3.63, 3.8) is 0 Å². The second-order valence-electron chi connectivity index (χ2n) is 3.52. The highest BCUT2D eigenvalue weighted by atomic mass is 35.5. The molecule has 2 aromatic rings. The molecule has 0 fully saturated rings. The molecule has 0 atom stereocenters. The molecule has 5 nitrogen and oxygen atoms in total. The van der Waals surface area contributed by atoms with Gasteiger partial charge in [-0.3, -0.25) is 9.89 Å².